The lowest BCUT2D eigenvalue weighted by atomic mass is 9.95. The van der Waals surface area contributed by atoms with Crippen molar-refractivity contribution >= 4 is 29.0 Å². The standard InChI is InChI=1S/C19H25N3O2S2/c23-18(13-26-16-5-1-2-6-16)22-8-3-4-14(11-22)10-17-20-19(21-24-17)15-7-9-25-12-15/h7,9,12,14,16H,1-6,8,10-11,13H2/t14-/m0/s1. The van der Waals surface area contributed by atoms with Gasteiger partial charge in [-0.05, 0) is 43.0 Å². The fraction of sp³-hybridized carbons (Fsp3) is 0.632. The number of rotatable bonds is 6. The molecule has 1 atom stereocenters. The third-order valence-electron chi connectivity index (χ3n) is 5.33. The van der Waals surface area contributed by atoms with Gasteiger partial charge in [-0.2, -0.15) is 16.3 Å². The summed E-state index contributed by atoms with van der Waals surface area (Å²) in [6, 6.07) is 2.00. The molecule has 4 rings (SSSR count). The summed E-state index contributed by atoms with van der Waals surface area (Å²) in [7, 11) is 0. The molecule has 26 heavy (non-hydrogen) atoms. The molecule has 7 heteroatoms. The van der Waals surface area contributed by atoms with Crippen LogP contribution in [-0.2, 0) is 11.2 Å². The van der Waals surface area contributed by atoms with E-state index in [1.165, 1.54) is 25.7 Å². The Hall–Kier alpha value is -1.34. The van der Waals surface area contributed by atoms with Gasteiger partial charge in [-0.25, -0.2) is 0 Å². The molecule has 0 spiro atoms. The minimum atomic E-state index is 0.302. The minimum Gasteiger partial charge on any atom is -0.342 e. The Kier molecular flexibility index (Phi) is 5.94. The zero-order valence-corrected chi connectivity index (χ0v) is 16.6. The van der Waals surface area contributed by atoms with E-state index in [1.807, 2.05) is 33.5 Å². The number of carbonyl (C=O) groups excluding carboxylic acids is 1. The highest BCUT2D eigenvalue weighted by molar-refractivity contribution is 8.00. The van der Waals surface area contributed by atoms with Crippen LogP contribution in [0.15, 0.2) is 21.3 Å². The van der Waals surface area contributed by atoms with Crippen LogP contribution in [0.5, 0.6) is 0 Å². The molecule has 1 saturated heterocycles. The number of hydrogen-bond acceptors (Lipinski definition) is 6. The summed E-state index contributed by atoms with van der Waals surface area (Å²) in [6.07, 6.45) is 8.17. The molecule has 2 fully saturated rings. The zero-order valence-electron chi connectivity index (χ0n) is 14.9. The van der Waals surface area contributed by atoms with Gasteiger partial charge < -0.3 is 9.42 Å². The zero-order chi connectivity index (χ0) is 17.8. The van der Waals surface area contributed by atoms with Gasteiger partial charge in [0.15, 0.2) is 0 Å². The van der Waals surface area contributed by atoms with Crippen molar-refractivity contribution in [1.82, 2.24) is 15.0 Å². The van der Waals surface area contributed by atoms with Crippen LogP contribution in [0.3, 0.4) is 0 Å². The van der Waals surface area contributed by atoms with E-state index in [2.05, 4.69) is 10.1 Å². The summed E-state index contributed by atoms with van der Waals surface area (Å²) in [6.45, 7) is 1.71. The van der Waals surface area contributed by atoms with Crippen LogP contribution >= 0.6 is 23.1 Å². The molecule has 0 aromatic carbocycles. The Morgan fingerprint density at radius 1 is 1.31 bits per heavy atom. The summed E-state index contributed by atoms with van der Waals surface area (Å²) >= 11 is 3.49. The highest BCUT2D eigenvalue weighted by atomic mass is 32.2. The number of thioether (sulfide) groups is 1. The molecule has 1 saturated carbocycles. The van der Waals surface area contributed by atoms with Gasteiger partial charge in [0.05, 0.1) is 5.75 Å². The molecule has 140 valence electrons. The second kappa shape index (κ2) is 8.57. The van der Waals surface area contributed by atoms with Crippen molar-refractivity contribution in [2.45, 2.75) is 50.2 Å². The molecule has 1 aliphatic heterocycles. The first-order valence-electron chi connectivity index (χ1n) is 9.52. The van der Waals surface area contributed by atoms with Gasteiger partial charge in [-0.1, -0.05) is 18.0 Å². The van der Waals surface area contributed by atoms with E-state index < -0.39 is 0 Å². The Morgan fingerprint density at radius 2 is 2.19 bits per heavy atom. The summed E-state index contributed by atoms with van der Waals surface area (Å²) in [5.74, 6) is 2.71. The number of carbonyl (C=O) groups is 1. The third-order valence-corrected chi connectivity index (χ3v) is 7.37. The van der Waals surface area contributed by atoms with E-state index in [4.69, 9.17) is 4.52 Å². The molecule has 2 aromatic rings. The molecular weight excluding hydrogens is 366 g/mol. The summed E-state index contributed by atoms with van der Waals surface area (Å²) < 4.78 is 5.44. The Labute approximate surface area is 162 Å². The quantitative estimate of drug-likeness (QED) is 0.736. The summed E-state index contributed by atoms with van der Waals surface area (Å²) in [4.78, 5) is 19.1. The largest absolute Gasteiger partial charge is 0.342 e. The monoisotopic (exact) mass is 391 g/mol. The molecule has 0 radical (unpaired) electrons. The van der Waals surface area contributed by atoms with Crippen LogP contribution in [-0.4, -0.2) is 45.0 Å². The first kappa shape index (κ1) is 18.0. The van der Waals surface area contributed by atoms with Gasteiger partial charge >= 0.3 is 0 Å². The number of hydrogen-bond donors (Lipinski definition) is 0. The van der Waals surface area contributed by atoms with Crippen molar-refractivity contribution in [3.05, 3.63) is 22.7 Å². The van der Waals surface area contributed by atoms with Crippen molar-refractivity contribution in [2.24, 2.45) is 5.92 Å². The van der Waals surface area contributed by atoms with Gasteiger partial charge in [0.25, 0.3) is 0 Å². The first-order chi connectivity index (χ1) is 12.8. The number of nitrogens with zero attached hydrogens (tertiary/aromatic N) is 3. The molecule has 0 N–H and O–H groups in total. The van der Waals surface area contributed by atoms with Crippen LogP contribution in [0.2, 0.25) is 0 Å². The predicted molar refractivity (Wildman–Crippen MR) is 105 cm³/mol. The Morgan fingerprint density at radius 3 is 3.00 bits per heavy atom. The van der Waals surface area contributed by atoms with Gasteiger partial charge in [0.2, 0.25) is 17.6 Å². The molecule has 3 heterocycles. The van der Waals surface area contributed by atoms with Gasteiger partial charge in [0.1, 0.15) is 0 Å². The van der Waals surface area contributed by atoms with Gasteiger partial charge in [-0.15, -0.1) is 11.8 Å². The average Bonchev–Trinajstić information content (AvgIpc) is 3.41. The molecule has 1 amide bonds. The van der Waals surface area contributed by atoms with Crippen LogP contribution in [0.25, 0.3) is 11.4 Å². The fourth-order valence-corrected chi connectivity index (χ4v) is 5.75. The highest BCUT2D eigenvalue weighted by Gasteiger charge is 2.26. The molecule has 0 unspecified atom stereocenters. The molecule has 1 aliphatic carbocycles. The molecule has 0 bridgehead atoms. The first-order valence-corrected chi connectivity index (χ1v) is 11.5. The topological polar surface area (TPSA) is 59.2 Å². The van der Waals surface area contributed by atoms with Crippen molar-refractivity contribution in [3.63, 3.8) is 0 Å². The maximum Gasteiger partial charge on any atom is 0.232 e. The van der Waals surface area contributed by atoms with Gasteiger partial charge in [-0.3, -0.25) is 4.79 Å². The number of piperidine rings is 1. The molecule has 2 aromatic heterocycles. The lowest BCUT2D eigenvalue weighted by Gasteiger charge is -2.32. The third kappa shape index (κ3) is 4.49. The van der Waals surface area contributed by atoms with E-state index in [-0.39, 0.29) is 0 Å². The molecule has 2 aliphatic rings. The van der Waals surface area contributed by atoms with Crippen molar-refractivity contribution in [3.8, 4) is 11.4 Å². The number of amides is 1. The highest BCUT2D eigenvalue weighted by Crippen LogP contribution is 2.30. The van der Waals surface area contributed by atoms with Crippen molar-refractivity contribution in [1.29, 1.82) is 0 Å². The van der Waals surface area contributed by atoms with Crippen LogP contribution < -0.4 is 0 Å². The summed E-state index contributed by atoms with van der Waals surface area (Å²) in [5.41, 5.74) is 1.01. The second-order valence-corrected chi connectivity index (χ2v) is 9.36. The molecular formula is C19H25N3O2S2. The smallest absolute Gasteiger partial charge is 0.232 e. The number of thiophene rings is 1. The van der Waals surface area contributed by atoms with Crippen molar-refractivity contribution in [2.75, 3.05) is 18.8 Å². The minimum absolute atomic E-state index is 0.302. The lowest BCUT2D eigenvalue weighted by molar-refractivity contribution is -0.130. The van der Waals surface area contributed by atoms with Crippen LogP contribution in [0, 0.1) is 5.92 Å². The lowest BCUT2D eigenvalue weighted by Crippen LogP contribution is -2.41. The maximum absolute atomic E-state index is 12.6. The Bertz CT molecular complexity index is 710. The van der Waals surface area contributed by atoms with E-state index >= 15 is 0 Å². The maximum atomic E-state index is 12.6. The number of aromatic nitrogens is 2. The van der Waals surface area contributed by atoms with Crippen LogP contribution in [0.4, 0.5) is 0 Å². The van der Waals surface area contributed by atoms with E-state index in [9.17, 15) is 4.79 Å². The normalized spacial score (nSPS) is 21.4. The SMILES string of the molecule is O=C(CSC1CCCC1)N1CCC[C@@H](Cc2nc(-c3ccsc3)no2)C1. The van der Waals surface area contributed by atoms with Crippen molar-refractivity contribution < 1.29 is 9.32 Å². The second-order valence-electron chi connectivity index (χ2n) is 7.29. The Balaban J connectivity index is 1.28. The average molecular weight is 392 g/mol. The van der Waals surface area contributed by atoms with Crippen LogP contribution in [0.1, 0.15) is 44.4 Å². The van der Waals surface area contributed by atoms with E-state index in [1.54, 1.807) is 11.3 Å². The molecule has 5 nitrogen and oxygen atoms in total. The van der Waals surface area contributed by atoms with Gasteiger partial charge in [0, 0.05) is 35.7 Å². The predicted octanol–water partition coefficient (Wildman–Crippen LogP) is 4.26. The number of likely N-dealkylation sites (tertiary alicyclic amines) is 1. The fourth-order valence-electron chi connectivity index (χ4n) is 3.89. The van der Waals surface area contributed by atoms with E-state index in [0.717, 1.165) is 37.9 Å². The summed E-state index contributed by atoms with van der Waals surface area (Å²) in [5, 5.41) is 8.83. The van der Waals surface area contributed by atoms with E-state index in [0.29, 0.717) is 34.5 Å².